The average molecular weight is 337 g/mol. The van der Waals surface area contributed by atoms with Crippen LogP contribution < -0.4 is 5.32 Å². The lowest BCUT2D eigenvalue weighted by Gasteiger charge is -2.12. The van der Waals surface area contributed by atoms with E-state index in [1.807, 2.05) is 6.92 Å². The van der Waals surface area contributed by atoms with Gasteiger partial charge in [-0.15, -0.1) is 23.1 Å². The molecule has 2 rings (SSSR count). The van der Waals surface area contributed by atoms with E-state index in [-0.39, 0.29) is 11.2 Å². The van der Waals surface area contributed by atoms with Gasteiger partial charge in [0.05, 0.1) is 10.8 Å². The maximum Gasteiger partial charge on any atom is 0.237 e. The average Bonchev–Trinajstić information content (AvgIpc) is 2.65. The molecule has 0 aromatic carbocycles. The highest BCUT2D eigenvalue weighted by Gasteiger charge is 2.22. The van der Waals surface area contributed by atoms with Gasteiger partial charge in [0, 0.05) is 4.88 Å². The van der Waals surface area contributed by atoms with E-state index < -0.39 is 0 Å². The molecule has 0 saturated heterocycles. The first-order chi connectivity index (χ1) is 10.5. The van der Waals surface area contributed by atoms with Crippen molar-refractivity contribution >= 4 is 34.0 Å². The van der Waals surface area contributed by atoms with Crippen LogP contribution in [-0.4, -0.2) is 16.9 Å². The lowest BCUT2D eigenvalue weighted by Crippen LogP contribution is -2.23. The Morgan fingerprint density at radius 2 is 2.05 bits per heavy atom. The molecule has 0 spiro atoms. The number of rotatable bonds is 5. The predicted molar refractivity (Wildman–Crippen MR) is 95.7 cm³/mol. The molecular weight excluding hydrogens is 312 g/mol. The number of fused-ring (bicyclic) bond motifs is 1. The van der Waals surface area contributed by atoms with Crippen molar-refractivity contribution in [3.05, 3.63) is 16.0 Å². The number of aryl methyl sites for hydroxylation is 1. The number of amides is 1. The molecule has 3 nitrogen and oxygen atoms in total. The molecule has 1 aliphatic carbocycles. The van der Waals surface area contributed by atoms with Gasteiger partial charge in [0.1, 0.15) is 11.1 Å². The Labute approximate surface area is 141 Å². The van der Waals surface area contributed by atoms with Crippen molar-refractivity contribution < 1.29 is 4.79 Å². The van der Waals surface area contributed by atoms with E-state index in [0.717, 1.165) is 30.0 Å². The van der Waals surface area contributed by atoms with Crippen molar-refractivity contribution in [1.29, 1.82) is 5.26 Å². The molecule has 1 aromatic rings. The normalized spacial score (nSPS) is 15.8. The van der Waals surface area contributed by atoms with Crippen LogP contribution in [0.15, 0.2) is 0 Å². The van der Waals surface area contributed by atoms with Crippen LogP contribution in [0.2, 0.25) is 0 Å². The maximum atomic E-state index is 12.3. The van der Waals surface area contributed by atoms with Crippen molar-refractivity contribution in [3.8, 4) is 6.07 Å². The van der Waals surface area contributed by atoms with Crippen molar-refractivity contribution in [2.75, 3.05) is 11.1 Å². The fourth-order valence-corrected chi connectivity index (χ4v) is 4.70. The first-order valence-corrected chi connectivity index (χ1v) is 9.86. The number of carbonyl (C=O) groups excluding carboxylic acids is 1. The second-order valence-corrected chi connectivity index (χ2v) is 8.72. The molecule has 0 radical (unpaired) electrons. The summed E-state index contributed by atoms with van der Waals surface area (Å²) in [5.41, 5.74) is 1.89. The van der Waals surface area contributed by atoms with Gasteiger partial charge in [-0.25, -0.2) is 0 Å². The van der Waals surface area contributed by atoms with Crippen LogP contribution in [0.4, 0.5) is 5.00 Å². The molecule has 1 aliphatic rings. The molecule has 1 amide bonds. The zero-order chi connectivity index (χ0) is 16.1. The Bertz CT molecular complexity index is 572. The van der Waals surface area contributed by atoms with Crippen LogP contribution in [0.25, 0.3) is 0 Å². The van der Waals surface area contributed by atoms with Gasteiger partial charge in [-0.05, 0) is 49.8 Å². The Hall–Kier alpha value is -0.990. The molecule has 0 bridgehead atoms. The smallest absolute Gasteiger partial charge is 0.237 e. The Morgan fingerprint density at radius 1 is 1.32 bits per heavy atom. The SMILES string of the molecule is CC(C)CSC(C)C(=O)Nc1sc2c(c1C#N)CCCCC2. The highest BCUT2D eigenvalue weighted by molar-refractivity contribution is 8.00. The Morgan fingerprint density at radius 3 is 2.73 bits per heavy atom. The fourth-order valence-electron chi connectivity index (χ4n) is 2.58. The minimum absolute atomic E-state index is 0.0126. The zero-order valence-corrected chi connectivity index (χ0v) is 15.2. The van der Waals surface area contributed by atoms with Gasteiger partial charge in [-0.1, -0.05) is 20.3 Å². The molecule has 0 fully saturated rings. The fraction of sp³-hybridized carbons (Fsp3) is 0.647. The number of hydrogen-bond donors (Lipinski definition) is 1. The van der Waals surface area contributed by atoms with Crippen LogP contribution >= 0.6 is 23.1 Å². The molecule has 1 atom stereocenters. The standard InChI is InChI=1S/C17H24N2OS2/c1-11(2)10-21-12(3)16(20)19-17-14(9-18)13-7-5-4-6-8-15(13)22-17/h11-12H,4-8,10H2,1-3H3,(H,19,20). The number of nitriles is 1. The van der Waals surface area contributed by atoms with Gasteiger partial charge in [0.2, 0.25) is 5.91 Å². The molecule has 120 valence electrons. The van der Waals surface area contributed by atoms with Crippen LogP contribution in [0, 0.1) is 17.2 Å². The number of hydrogen-bond acceptors (Lipinski definition) is 4. The molecule has 1 N–H and O–H groups in total. The van der Waals surface area contributed by atoms with Gasteiger partial charge in [-0.3, -0.25) is 4.79 Å². The lowest BCUT2D eigenvalue weighted by atomic mass is 10.1. The molecule has 22 heavy (non-hydrogen) atoms. The largest absolute Gasteiger partial charge is 0.316 e. The first-order valence-electron chi connectivity index (χ1n) is 8.00. The van der Waals surface area contributed by atoms with Crippen LogP contribution in [0.5, 0.6) is 0 Å². The molecular formula is C17H24N2OS2. The Balaban J connectivity index is 2.09. The number of anilines is 1. The molecule has 1 heterocycles. The summed E-state index contributed by atoms with van der Waals surface area (Å²) in [7, 11) is 0. The zero-order valence-electron chi connectivity index (χ0n) is 13.6. The quantitative estimate of drug-likeness (QED) is 0.799. The third kappa shape index (κ3) is 4.27. The number of nitrogens with one attached hydrogen (secondary N) is 1. The summed E-state index contributed by atoms with van der Waals surface area (Å²) >= 11 is 3.28. The number of thioether (sulfide) groups is 1. The van der Waals surface area contributed by atoms with Gasteiger partial charge in [-0.2, -0.15) is 5.26 Å². The van der Waals surface area contributed by atoms with E-state index in [1.54, 1.807) is 23.1 Å². The Kier molecular flexibility index (Phi) is 6.34. The molecule has 1 unspecified atom stereocenters. The molecule has 0 saturated carbocycles. The second kappa shape index (κ2) is 8.03. The lowest BCUT2D eigenvalue weighted by molar-refractivity contribution is -0.115. The van der Waals surface area contributed by atoms with Crippen LogP contribution in [-0.2, 0) is 17.6 Å². The van der Waals surface area contributed by atoms with Gasteiger partial charge in [0.15, 0.2) is 0 Å². The van der Waals surface area contributed by atoms with Gasteiger partial charge >= 0.3 is 0 Å². The summed E-state index contributed by atoms with van der Waals surface area (Å²) in [6.07, 6.45) is 5.58. The van der Waals surface area contributed by atoms with Crippen LogP contribution in [0.3, 0.4) is 0 Å². The summed E-state index contributed by atoms with van der Waals surface area (Å²) in [5.74, 6) is 1.56. The van der Waals surface area contributed by atoms with E-state index in [9.17, 15) is 10.1 Å². The summed E-state index contributed by atoms with van der Waals surface area (Å²) in [6.45, 7) is 6.25. The highest BCUT2D eigenvalue weighted by Crippen LogP contribution is 2.37. The van der Waals surface area contributed by atoms with E-state index in [1.165, 1.54) is 23.3 Å². The van der Waals surface area contributed by atoms with E-state index >= 15 is 0 Å². The van der Waals surface area contributed by atoms with E-state index in [4.69, 9.17) is 0 Å². The predicted octanol–water partition coefficient (Wildman–Crippen LogP) is 4.60. The second-order valence-electron chi connectivity index (χ2n) is 6.24. The summed E-state index contributed by atoms with van der Waals surface area (Å²) in [6, 6.07) is 2.31. The summed E-state index contributed by atoms with van der Waals surface area (Å²) < 4.78 is 0. The number of carbonyl (C=O) groups is 1. The number of thiophene rings is 1. The van der Waals surface area contributed by atoms with Gasteiger partial charge < -0.3 is 5.32 Å². The minimum Gasteiger partial charge on any atom is -0.316 e. The molecule has 0 aliphatic heterocycles. The van der Waals surface area contributed by atoms with Gasteiger partial charge in [0.25, 0.3) is 0 Å². The number of nitrogens with zero attached hydrogens (tertiary/aromatic N) is 1. The summed E-state index contributed by atoms with van der Waals surface area (Å²) in [4.78, 5) is 13.6. The van der Waals surface area contributed by atoms with E-state index in [2.05, 4.69) is 25.2 Å². The monoisotopic (exact) mass is 336 g/mol. The highest BCUT2D eigenvalue weighted by atomic mass is 32.2. The topological polar surface area (TPSA) is 52.9 Å². The van der Waals surface area contributed by atoms with Crippen LogP contribution in [0.1, 0.15) is 56.0 Å². The van der Waals surface area contributed by atoms with Crippen molar-refractivity contribution in [3.63, 3.8) is 0 Å². The van der Waals surface area contributed by atoms with E-state index in [0.29, 0.717) is 11.5 Å². The minimum atomic E-state index is -0.0872. The third-order valence-electron chi connectivity index (χ3n) is 3.82. The van der Waals surface area contributed by atoms with Crippen molar-refractivity contribution in [2.45, 2.75) is 58.1 Å². The molecule has 5 heteroatoms. The third-order valence-corrected chi connectivity index (χ3v) is 6.60. The maximum absolute atomic E-state index is 12.3. The first kappa shape index (κ1) is 17.4. The van der Waals surface area contributed by atoms with Crippen molar-refractivity contribution in [1.82, 2.24) is 0 Å². The van der Waals surface area contributed by atoms with Crippen molar-refractivity contribution in [2.24, 2.45) is 5.92 Å². The molecule has 1 aromatic heterocycles. The summed E-state index contributed by atoms with van der Waals surface area (Å²) in [5, 5.41) is 13.2.